The molecule has 1 atom stereocenters. The quantitative estimate of drug-likeness (QED) is 0.467. The summed E-state index contributed by atoms with van der Waals surface area (Å²) in [6, 6.07) is 17.2. The molecule has 1 unspecified atom stereocenters. The van der Waals surface area contributed by atoms with Gasteiger partial charge >= 0.3 is 0 Å². The lowest BCUT2D eigenvalue weighted by Crippen LogP contribution is -2.28. The molecular weight excluding hydrogens is 359 g/mol. The zero-order chi connectivity index (χ0) is 14.5. The van der Waals surface area contributed by atoms with Gasteiger partial charge in [-0.25, -0.2) is 5.43 Å². The normalized spacial score (nSPS) is 12.7. The third-order valence-corrected chi connectivity index (χ3v) is 4.02. The standard InChI is InChI=1S/C17H21IN2/c1-12(2)10-13-4-3-5-15(11-13)17(20-19)14-6-8-16(18)9-7-14/h3-9,11-12,17,20H,10,19H2,1-2H3. The topological polar surface area (TPSA) is 38.0 Å². The summed E-state index contributed by atoms with van der Waals surface area (Å²) < 4.78 is 1.23. The molecule has 0 heterocycles. The van der Waals surface area contributed by atoms with Gasteiger partial charge in [-0.05, 0) is 63.8 Å². The van der Waals surface area contributed by atoms with Crippen molar-refractivity contribution in [2.24, 2.45) is 11.8 Å². The Morgan fingerprint density at radius 2 is 1.75 bits per heavy atom. The fourth-order valence-electron chi connectivity index (χ4n) is 2.41. The number of hydrogen-bond donors (Lipinski definition) is 2. The van der Waals surface area contributed by atoms with Crippen LogP contribution in [-0.4, -0.2) is 0 Å². The molecular formula is C17H21IN2. The van der Waals surface area contributed by atoms with Crippen molar-refractivity contribution in [3.63, 3.8) is 0 Å². The molecule has 0 spiro atoms. The second-order valence-electron chi connectivity index (χ2n) is 5.49. The van der Waals surface area contributed by atoms with Crippen LogP contribution in [-0.2, 0) is 6.42 Å². The number of hydrazine groups is 1. The number of halogens is 1. The number of rotatable bonds is 5. The maximum absolute atomic E-state index is 5.77. The summed E-state index contributed by atoms with van der Waals surface area (Å²) in [6.07, 6.45) is 1.10. The van der Waals surface area contributed by atoms with E-state index in [1.807, 2.05) is 0 Å². The second-order valence-corrected chi connectivity index (χ2v) is 6.74. The third-order valence-electron chi connectivity index (χ3n) is 3.30. The lowest BCUT2D eigenvalue weighted by molar-refractivity contribution is 0.627. The van der Waals surface area contributed by atoms with Gasteiger partial charge in [-0.1, -0.05) is 50.2 Å². The predicted octanol–water partition coefficient (Wildman–Crippen LogP) is 4.04. The zero-order valence-corrected chi connectivity index (χ0v) is 14.1. The average molecular weight is 380 g/mol. The van der Waals surface area contributed by atoms with Gasteiger partial charge in [0, 0.05) is 3.57 Å². The number of nitrogens with two attached hydrogens (primary N) is 1. The Balaban J connectivity index is 2.29. The van der Waals surface area contributed by atoms with Crippen LogP contribution in [0.3, 0.4) is 0 Å². The molecule has 2 aromatic rings. The fraction of sp³-hybridized carbons (Fsp3) is 0.294. The van der Waals surface area contributed by atoms with Gasteiger partial charge in [0.2, 0.25) is 0 Å². The van der Waals surface area contributed by atoms with Crippen LogP contribution >= 0.6 is 22.6 Å². The minimum Gasteiger partial charge on any atom is -0.271 e. The van der Waals surface area contributed by atoms with E-state index in [1.165, 1.54) is 20.3 Å². The van der Waals surface area contributed by atoms with Gasteiger partial charge < -0.3 is 0 Å². The Labute approximate surface area is 134 Å². The van der Waals surface area contributed by atoms with Crippen LogP contribution in [0.2, 0.25) is 0 Å². The highest BCUT2D eigenvalue weighted by Crippen LogP contribution is 2.23. The summed E-state index contributed by atoms with van der Waals surface area (Å²) in [5.74, 6) is 6.43. The first-order valence-electron chi connectivity index (χ1n) is 6.90. The van der Waals surface area contributed by atoms with Crippen molar-refractivity contribution in [1.82, 2.24) is 5.43 Å². The smallest absolute Gasteiger partial charge is 0.0710 e. The molecule has 0 fully saturated rings. The zero-order valence-electron chi connectivity index (χ0n) is 11.9. The molecule has 3 N–H and O–H groups in total. The highest BCUT2D eigenvalue weighted by Gasteiger charge is 2.12. The summed E-state index contributed by atoms with van der Waals surface area (Å²) in [6.45, 7) is 4.48. The van der Waals surface area contributed by atoms with Crippen LogP contribution in [0.4, 0.5) is 0 Å². The average Bonchev–Trinajstić information content (AvgIpc) is 2.41. The Morgan fingerprint density at radius 1 is 1.05 bits per heavy atom. The maximum atomic E-state index is 5.77. The molecule has 0 aliphatic heterocycles. The number of hydrogen-bond acceptors (Lipinski definition) is 2. The van der Waals surface area contributed by atoms with Crippen molar-refractivity contribution >= 4 is 22.6 Å². The van der Waals surface area contributed by atoms with E-state index in [2.05, 4.69) is 90.4 Å². The maximum Gasteiger partial charge on any atom is 0.0710 e. The van der Waals surface area contributed by atoms with E-state index in [0.29, 0.717) is 5.92 Å². The monoisotopic (exact) mass is 380 g/mol. The summed E-state index contributed by atoms with van der Waals surface area (Å²) in [5, 5.41) is 0. The van der Waals surface area contributed by atoms with Gasteiger partial charge in [0.1, 0.15) is 0 Å². The first kappa shape index (κ1) is 15.5. The third kappa shape index (κ3) is 4.04. The molecule has 0 bridgehead atoms. The van der Waals surface area contributed by atoms with Crippen LogP contribution in [0.25, 0.3) is 0 Å². The lowest BCUT2D eigenvalue weighted by atomic mass is 9.95. The van der Waals surface area contributed by atoms with Crippen LogP contribution in [0.15, 0.2) is 48.5 Å². The van der Waals surface area contributed by atoms with E-state index < -0.39 is 0 Å². The van der Waals surface area contributed by atoms with E-state index in [0.717, 1.165) is 6.42 Å². The largest absolute Gasteiger partial charge is 0.271 e. The summed E-state index contributed by atoms with van der Waals surface area (Å²) in [5.41, 5.74) is 6.70. The highest BCUT2D eigenvalue weighted by atomic mass is 127. The number of benzene rings is 2. The van der Waals surface area contributed by atoms with Crippen molar-refractivity contribution < 1.29 is 0 Å². The van der Waals surface area contributed by atoms with Crippen molar-refractivity contribution in [2.75, 3.05) is 0 Å². The summed E-state index contributed by atoms with van der Waals surface area (Å²) in [7, 11) is 0. The molecule has 3 heteroatoms. The van der Waals surface area contributed by atoms with Crippen LogP contribution < -0.4 is 11.3 Å². The SMILES string of the molecule is CC(C)Cc1cccc(C(NN)c2ccc(I)cc2)c1. The molecule has 0 saturated heterocycles. The molecule has 106 valence electrons. The van der Waals surface area contributed by atoms with Gasteiger partial charge in [-0.3, -0.25) is 5.84 Å². The van der Waals surface area contributed by atoms with Gasteiger partial charge in [-0.15, -0.1) is 0 Å². The lowest BCUT2D eigenvalue weighted by Gasteiger charge is -2.18. The molecule has 2 aromatic carbocycles. The minimum atomic E-state index is 0.0408. The predicted molar refractivity (Wildman–Crippen MR) is 93.3 cm³/mol. The van der Waals surface area contributed by atoms with Crippen molar-refractivity contribution in [1.29, 1.82) is 0 Å². The number of nitrogens with one attached hydrogen (secondary N) is 1. The van der Waals surface area contributed by atoms with Gasteiger partial charge in [-0.2, -0.15) is 0 Å². The van der Waals surface area contributed by atoms with E-state index in [9.17, 15) is 0 Å². The van der Waals surface area contributed by atoms with Gasteiger partial charge in [0.15, 0.2) is 0 Å². The summed E-state index contributed by atoms with van der Waals surface area (Å²) >= 11 is 2.31. The van der Waals surface area contributed by atoms with Crippen LogP contribution in [0, 0.1) is 9.49 Å². The Morgan fingerprint density at radius 3 is 2.35 bits per heavy atom. The van der Waals surface area contributed by atoms with Crippen molar-refractivity contribution in [3.05, 3.63) is 68.8 Å². The molecule has 0 aliphatic carbocycles. The highest BCUT2D eigenvalue weighted by molar-refractivity contribution is 14.1. The molecule has 0 saturated carbocycles. The fourth-order valence-corrected chi connectivity index (χ4v) is 2.77. The first-order valence-corrected chi connectivity index (χ1v) is 7.98. The van der Waals surface area contributed by atoms with Crippen LogP contribution in [0.5, 0.6) is 0 Å². The van der Waals surface area contributed by atoms with E-state index in [1.54, 1.807) is 0 Å². The Kier molecular flexibility index (Phi) is 5.57. The van der Waals surface area contributed by atoms with Gasteiger partial charge in [0.25, 0.3) is 0 Å². The Hall–Kier alpha value is -0.910. The van der Waals surface area contributed by atoms with E-state index >= 15 is 0 Å². The van der Waals surface area contributed by atoms with Gasteiger partial charge in [0.05, 0.1) is 6.04 Å². The second kappa shape index (κ2) is 7.20. The van der Waals surface area contributed by atoms with Crippen molar-refractivity contribution in [2.45, 2.75) is 26.3 Å². The van der Waals surface area contributed by atoms with Crippen molar-refractivity contribution in [3.8, 4) is 0 Å². The molecule has 2 nitrogen and oxygen atoms in total. The molecule has 20 heavy (non-hydrogen) atoms. The molecule has 2 rings (SSSR count). The molecule has 0 amide bonds. The Bertz CT molecular complexity index is 549. The molecule has 0 radical (unpaired) electrons. The van der Waals surface area contributed by atoms with Crippen LogP contribution in [0.1, 0.15) is 36.6 Å². The first-order chi connectivity index (χ1) is 9.60. The summed E-state index contributed by atoms with van der Waals surface area (Å²) in [4.78, 5) is 0. The van der Waals surface area contributed by atoms with E-state index in [-0.39, 0.29) is 6.04 Å². The van der Waals surface area contributed by atoms with E-state index in [4.69, 9.17) is 5.84 Å². The molecule has 0 aliphatic rings. The minimum absolute atomic E-state index is 0.0408. The molecule has 0 aromatic heterocycles.